The van der Waals surface area contributed by atoms with Gasteiger partial charge in [0.2, 0.25) is 0 Å². The van der Waals surface area contributed by atoms with Crippen LogP contribution in [0.3, 0.4) is 0 Å². The Hall–Kier alpha value is -2.03. The van der Waals surface area contributed by atoms with Crippen molar-refractivity contribution in [1.29, 1.82) is 0 Å². The summed E-state index contributed by atoms with van der Waals surface area (Å²) in [4.78, 5) is 8.14. The molecule has 1 aromatic heterocycles. The quantitative estimate of drug-likeness (QED) is 0.836. The number of allylic oxidation sites excluding steroid dienone is 1. The number of nitrogens with zero attached hydrogens (tertiary/aromatic N) is 1. The Morgan fingerprint density at radius 3 is 3.05 bits per heavy atom. The van der Waals surface area contributed by atoms with Gasteiger partial charge in [-0.15, -0.1) is 0 Å². The fourth-order valence-electron chi connectivity index (χ4n) is 2.68. The van der Waals surface area contributed by atoms with Gasteiger partial charge in [0.25, 0.3) is 0 Å². The molecule has 2 heterocycles. The minimum absolute atomic E-state index is 0.844. The van der Waals surface area contributed by atoms with Gasteiger partial charge in [0, 0.05) is 29.9 Å². The monoisotopic (exact) mass is 254 g/mol. The first kappa shape index (κ1) is 12.0. The summed E-state index contributed by atoms with van der Waals surface area (Å²) in [6, 6.07) is 6.19. The molecule has 98 valence electrons. The molecular weight excluding hydrogens is 236 g/mol. The molecule has 1 aliphatic heterocycles. The second kappa shape index (κ2) is 4.57. The standard InChI is InChI=1S/C16H18N2O/c1-10(2)8-15-16-13(6-7-17-15)12-5-4-11(19-3)9-14(12)18-16/h4-5,9,18H,1,6-8H2,2-3H3. The largest absolute Gasteiger partial charge is 0.497 e. The normalized spacial score (nSPS) is 14.1. The fraction of sp³-hybridized carbons (Fsp3) is 0.312. The van der Waals surface area contributed by atoms with E-state index in [4.69, 9.17) is 4.74 Å². The van der Waals surface area contributed by atoms with Crippen molar-refractivity contribution in [2.24, 2.45) is 4.99 Å². The van der Waals surface area contributed by atoms with Crippen LogP contribution < -0.4 is 4.74 Å². The molecule has 1 aliphatic rings. The first-order valence-electron chi connectivity index (χ1n) is 6.55. The van der Waals surface area contributed by atoms with Crippen LogP contribution >= 0.6 is 0 Å². The van der Waals surface area contributed by atoms with E-state index in [1.807, 2.05) is 19.1 Å². The molecule has 1 aromatic carbocycles. The van der Waals surface area contributed by atoms with Gasteiger partial charge in [-0.2, -0.15) is 0 Å². The number of ether oxygens (including phenoxy) is 1. The lowest BCUT2D eigenvalue weighted by molar-refractivity contribution is 0.415. The molecule has 3 rings (SSSR count). The number of aliphatic imine (C=N–C) groups is 1. The van der Waals surface area contributed by atoms with Crippen LogP contribution in [0.1, 0.15) is 24.6 Å². The number of aromatic amines is 1. The van der Waals surface area contributed by atoms with Crippen LogP contribution in [0.4, 0.5) is 0 Å². The molecule has 19 heavy (non-hydrogen) atoms. The molecule has 0 bridgehead atoms. The predicted octanol–water partition coefficient (Wildman–Crippen LogP) is 3.49. The number of fused-ring (bicyclic) bond motifs is 3. The second-order valence-electron chi connectivity index (χ2n) is 5.10. The van der Waals surface area contributed by atoms with Crippen LogP contribution in [0.5, 0.6) is 5.75 Å². The maximum atomic E-state index is 5.28. The molecule has 0 spiro atoms. The first-order valence-corrected chi connectivity index (χ1v) is 6.55. The number of benzene rings is 1. The van der Waals surface area contributed by atoms with E-state index in [0.29, 0.717) is 0 Å². The molecule has 3 nitrogen and oxygen atoms in total. The summed E-state index contributed by atoms with van der Waals surface area (Å²) in [5.41, 5.74) is 5.95. The van der Waals surface area contributed by atoms with Crippen LogP contribution in [0.2, 0.25) is 0 Å². The lowest BCUT2D eigenvalue weighted by Crippen LogP contribution is -2.12. The van der Waals surface area contributed by atoms with Crippen LogP contribution in [-0.4, -0.2) is 24.4 Å². The molecule has 0 amide bonds. The number of nitrogens with one attached hydrogen (secondary N) is 1. The Morgan fingerprint density at radius 2 is 2.32 bits per heavy atom. The Balaban J connectivity index is 2.13. The SMILES string of the molecule is C=C(C)CC1=NCCc2c1[nH]c1cc(OC)ccc21. The van der Waals surface area contributed by atoms with E-state index in [9.17, 15) is 0 Å². The molecule has 3 heteroatoms. The highest BCUT2D eigenvalue weighted by atomic mass is 16.5. The van der Waals surface area contributed by atoms with Crippen LogP contribution in [0, 0.1) is 0 Å². The smallest absolute Gasteiger partial charge is 0.120 e. The van der Waals surface area contributed by atoms with Crippen molar-refractivity contribution in [1.82, 2.24) is 4.98 Å². The minimum Gasteiger partial charge on any atom is -0.497 e. The molecule has 0 atom stereocenters. The van der Waals surface area contributed by atoms with Crippen molar-refractivity contribution in [3.8, 4) is 5.75 Å². The zero-order valence-corrected chi connectivity index (χ0v) is 11.4. The van der Waals surface area contributed by atoms with E-state index in [2.05, 4.69) is 22.6 Å². The van der Waals surface area contributed by atoms with Crippen molar-refractivity contribution in [3.05, 3.63) is 41.6 Å². The number of aromatic nitrogens is 1. The average Bonchev–Trinajstić information content (AvgIpc) is 2.77. The lowest BCUT2D eigenvalue weighted by atomic mass is 9.99. The summed E-state index contributed by atoms with van der Waals surface area (Å²) in [6.07, 6.45) is 1.85. The lowest BCUT2D eigenvalue weighted by Gasteiger charge is -2.13. The number of rotatable bonds is 3. The van der Waals surface area contributed by atoms with Crippen molar-refractivity contribution in [3.63, 3.8) is 0 Å². The van der Waals surface area contributed by atoms with Crippen LogP contribution in [-0.2, 0) is 6.42 Å². The molecule has 0 radical (unpaired) electrons. The topological polar surface area (TPSA) is 37.4 Å². The van der Waals surface area contributed by atoms with E-state index in [-0.39, 0.29) is 0 Å². The summed E-state index contributed by atoms with van der Waals surface area (Å²) in [6.45, 7) is 6.90. The van der Waals surface area contributed by atoms with Gasteiger partial charge in [0.1, 0.15) is 5.75 Å². The van der Waals surface area contributed by atoms with Gasteiger partial charge >= 0.3 is 0 Å². The first-order chi connectivity index (χ1) is 9.19. The molecule has 0 unspecified atom stereocenters. The predicted molar refractivity (Wildman–Crippen MR) is 79.4 cm³/mol. The summed E-state index contributed by atoms with van der Waals surface area (Å²) >= 11 is 0. The van der Waals surface area contributed by atoms with Gasteiger partial charge in [-0.1, -0.05) is 12.2 Å². The highest BCUT2D eigenvalue weighted by Gasteiger charge is 2.19. The van der Waals surface area contributed by atoms with Gasteiger partial charge in [0.15, 0.2) is 0 Å². The molecule has 0 fully saturated rings. The zero-order chi connectivity index (χ0) is 13.4. The summed E-state index contributed by atoms with van der Waals surface area (Å²) in [5.74, 6) is 0.879. The van der Waals surface area contributed by atoms with Gasteiger partial charge in [-0.25, -0.2) is 0 Å². The fourth-order valence-corrected chi connectivity index (χ4v) is 2.68. The molecule has 1 N–H and O–H groups in total. The molecule has 2 aromatic rings. The van der Waals surface area contributed by atoms with Gasteiger partial charge in [-0.3, -0.25) is 4.99 Å². The van der Waals surface area contributed by atoms with Crippen LogP contribution in [0.25, 0.3) is 10.9 Å². The minimum atomic E-state index is 0.844. The molecule has 0 saturated heterocycles. The Labute approximate surface area is 113 Å². The number of H-pyrrole nitrogens is 1. The van der Waals surface area contributed by atoms with Crippen LogP contribution in [0.15, 0.2) is 35.3 Å². The third-order valence-electron chi connectivity index (χ3n) is 3.54. The highest BCUT2D eigenvalue weighted by molar-refractivity contribution is 6.07. The number of hydrogen-bond donors (Lipinski definition) is 1. The second-order valence-corrected chi connectivity index (χ2v) is 5.10. The summed E-state index contributed by atoms with van der Waals surface area (Å²) < 4.78 is 5.28. The number of hydrogen-bond acceptors (Lipinski definition) is 2. The van der Waals surface area contributed by atoms with Gasteiger partial charge in [0.05, 0.1) is 18.5 Å². The van der Waals surface area contributed by atoms with Gasteiger partial charge < -0.3 is 9.72 Å². The van der Waals surface area contributed by atoms with E-state index < -0.39 is 0 Å². The number of methoxy groups -OCH3 is 1. The summed E-state index contributed by atoms with van der Waals surface area (Å²) in [5, 5.41) is 1.28. The maximum absolute atomic E-state index is 5.28. The highest BCUT2D eigenvalue weighted by Crippen LogP contribution is 2.30. The zero-order valence-electron chi connectivity index (χ0n) is 11.4. The Morgan fingerprint density at radius 1 is 1.47 bits per heavy atom. The maximum Gasteiger partial charge on any atom is 0.120 e. The van der Waals surface area contributed by atoms with Crippen molar-refractivity contribution in [2.45, 2.75) is 19.8 Å². The molecular formula is C16H18N2O. The molecule has 0 aliphatic carbocycles. The van der Waals surface area contributed by atoms with Gasteiger partial charge in [-0.05, 0) is 31.0 Å². The van der Waals surface area contributed by atoms with E-state index in [0.717, 1.165) is 41.9 Å². The summed E-state index contributed by atoms with van der Waals surface area (Å²) in [7, 11) is 1.69. The Bertz CT molecular complexity index is 679. The third-order valence-corrected chi connectivity index (χ3v) is 3.54. The van der Waals surface area contributed by atoms with E-state index >= 15 is 0 Å². The van der Waals surface area contributed by atoms with E-state index in [1.54, 1.807) is 7.11 Å². The third kappa shape index (κ3) is 2.05. The van der Waals surface area contributed by atoms with Crippen molar-refractivity contribution >= 4 is 16.6 Å². The van der Waals surface area contributed by atoms with Crippen molar-refractivity contribution < 1.29 is 4.74 Å². The van der Waals surface area contributed by atoms with Crippen molar-refractivity contribution in [2.75, 3.05) is 13.7 Å². The molecule has 0 saturated carbocycles. The average molecular weight is 254 g/mol. The Kier molecular flexibility index (Phi) is 2.90. The van der Waals surface area contributed by atoms with E-state index in [1.165, 1.54) is 16.6 Å².